The monoisotopic (exact) mass is 447 g/mol. The summed E-state index contributed by atoms with van der Waals surface area (Å²) in [5.74, 6) is 0.817. The van der Waals surface area contributed by atoms with Crippen molar-refractivity contribution in [2.24, 2.45) is 4.99 Å². The predicted octanol–water partition coefficient (Wildman–Crippen LogP) is 3.24. The fourth-order valence-electron chi connectivity index (χ4n) is 3.70. The Kier molecular flexibility index (Phi) is 10.3. The third-order valence-corrected chi connectivity index (χ3v) is 4.97. The molecule has 1 aromatic carbocycles. The maximum atomic E-state index is 11.8. The van der Waals surface area contributed by atoms with Gasteiger partial charge in [-0.1, -0.05) is 12.1 Å². The standard InChI is InChI=1S/C24H41N5O3/c1-18-16-29(17-19(2)31-18)15-7-13-26-22(25-6)27-14-12-20-8-10-21(11-9-20)28-23(30)32-24(3,4)5/h8-11,18-19H,7,12-17H2,1-6H3,(H,28,30)(H2,25,26,27). The average Bonchev–Trinajstić information content (AvgIpc) is 2.69. The summed E-state index contributed by atoms with van der Waals surface area (Å²) in [7, 11) is 1.79. The van der Waals surface area contributed by atoms with Crippen molar-refractivity contribution in [1.82, 2.24) is 15.5 Å². The van der Waals surface area contributed by atoms with Gasteiger partial charge in [0.25, 0.3) is 0 Å². The van der Waals surface area contributed by atoms with Gasteiger partial charge in [0.15, 0.2) is 5.96 Å². The first-order valence-electron chi connectivity index (χ1n) is 11.6. The Labute approximate surface area is 193 Å². The summed E-state index contributed by atoms with van der Waals surface area (Å²) < 4.78 is 11.1. The van der Waals surface area contributed by atoms with Gasteiger partial charge < -0.3 is 20.1 Å². The molecule has 1 aliphatic heterocycles. The molecule has 1 heterocycles. The van der Waals surface area contributed by atoms with E-state index in [0.29, 0.717) is 12.2 Å². The van der Waals surface area contributed by atoms with Gasteiger partial charge in [-0.05, 0) is 65.2 Å². The third kappa shape index (κ3) is 10.3. The number of hydrogen-bond acceptors (Lipinski definition) is 5. The van der Waals surface area contributed by atoms with Crippen LogP contribution in [0.25, 0.3) is 0 Å². The summed E-state index contributed by atoms with van der Waals surface area (Å²) in [5.41, 5.74) is 1.39. The molecule has 0 spiro atoms. The number of anilines is 1. The number of nitrogens with zero attached hydrogens (tertiary/aromatic N) is 2. The van der Waals surface area contributed by atoms with E-state index in [0.717, 1.165) is 57.2 Å². The van der Waals surface area contributed by atoms with E-state index in [9.17, 15) is 4.79 Å². The number of carbonyl (C=O) groups is 1. The zero-order valence-corrected chi connectivity index (χ0v) is 20.5. The van der Waals surface area contributed by atoms with Gasteiger partial charge in [-0.2, -0.15) is 0 Å². The van der Waals surface area contributed by atoms with Crippen LogP contribution >= 0.6 is 0 Å². The molecular formula is C24H41N5O3. The van der Waals surface area contributed by atoms with Gasteiger partial charge in [-0.25, -0.2) is 4.79 Å². The highest BCUT2D eigenvalue weighted by atomic mass is 16.6. The lowest BCUT2D eigenvalue weighted by molar-refractivity contribution is -0.0679. The topological polar surface area (TPSA) is 87.2 Å². The van der Waals surface area contributed by atoms with E-state index >= 15 is 0 Å². The lowest BCUT2D eigenvalue weighted by atomic mass is 10.1. The number of amides is 1. The molecule has 0 aromatic heterocycles. The highest BCUT2D eigenvalue weighted by Gasteiger charge is 2.21. The predicted molar refractivity (Wildman–Crippen MR) is 130 cm³/mol. The summed E-state index contributed by atoms with van der Waals surface area (Å²) in [6.07, 6.45) is 2.09. The average molecular weight is 448 g/mol. The summed E-state index contributed by atoms with van der Waals surface area (Å²) >= 11 is 0. The van der Waals surface area contributed by atoms with Crippen LogP contribution in [0.2, 0.25) is 0 Å². The number of rotatable bonds is 8. The summed E-state index contributed by atoms with van der Waals surface area (Å²) in [4.78, 5) is 18.6. The second kappa shape index (κ2) is 12.6. The maximum Gasteiger partial charge on any atom is 0.412 e. The number of benzene rings is 1. The van der Waals surface area contributed by atoms with Crippen LogP contribution in [0.3, 0.4) is 0 Å². The van der Waals surface area contributed by atoms with Gasteiger partial charge in [-0.3, -0.25) is 15.2 Å². The largest absolute Gasteiger partial charge is 0.444 e. The van der Waals surface area contributed by atoms with Crippen LogP contribution in [-0.4, -0.2) is 74.5 Å². The van der Waals surface area contributed by atoms with Crippen molar-refractivity contribution in [2.45, 2.75) is 65.3 Å². The molecule has 2 unspecified atom stereocenters. The van der Waals surface area contributed by atoms with Crippen molar-refractivity contribution in [3.05, 3.63) is 29.8 Å². The molecule has 1 fully saturated rings. The van der Waals surface area contributed by atoms with Gasteiger partial charge in [0, 0.05) is 45.5 Å². The van der Waals surface area contributed by atoms with Crippen LogP contribution < -0.4 is 16.0 Å². The lowest BCUT2D eigenvalue weighted by Crippen LogP contribution is -2.46. The van der Waals surface area contributed by atoms with E-state index in [1.54, 1.807) is 7.05 Å². The first-order valence-corrected chi connectivity index (χ1v) is 11.6. The van der Waals surface area contributed by atoms with E-state index < -0.39 is 11.7 Å². The fourth-order valence-corrected chi connectivity index (χ4v) is 3.70. The Balaban J connectivity index is 1.63. The van der Waals surface area contributed by atoms with Gasteiger partial charge in [0.2, 0.25) is 0 Å². The fraction of sp³-hybridized carbons (Fsp3) is 0.667. The van der Waals surface area contributed by atoms with Gasteiger partial charge in [-0.15, -0.1) is 0 Å². The van der Waals surface area contributed by atoms with E-state index in [1.807, 2.05) is 45.0 Å². The zero-order chi connectivity index (χ0) is 23.6. The Bertz CT molecular complexity index is 720. The molecule has 2 rings (SSSR count). The van der Waals surface area contributed by atoms with Crippen LogP contribution in [0, 0.1) is 0 Å². The Hall–Kier alpha value is -2.32. The smallest absolute Gasteiger partial charge is 0.412 e. The van der Waals surface area contributed by atoms with Crippen molar-refractivity contribution in [2.75, 3.05) is 45.1 Å². The van der Waals surface area contributed by atoms with Crippen LogP contribution in [0.1, 0.15) is 46.6 Å². The van der Waals surface area contributed by atoms with Crippen LogP contribution in [0.5, 0.6) is 0 Å². The Morgan fingerprint density at radius 2 is 1.75 bits per heavy atom. The van der Waals surface area contributed by atoms with Crippen molar-refractivity contribution < 1.29 is 14.3 Å². The summed E-state index contributed by atoms with van der Waals surface area (Å²) in [5, 5.41) is 9.50. The second-order valence-corrected chi connectivity index (χ2v) is 9.37. The molecule has 3 N–H and O–H groups in total. The third-order valence-electron chi connectivity index (χ3n) is 4.97. The highest BCUT2D eigenvalue weighted by molar-refractivity contribution is 5.84. The molecule has 0 bridgehead atoms. The molecule has 1 saturated heterocycles. The van der Waals surface area contributed by atoms with Gasteiger partial charge in [0.05, 0.1) is 12.2 Å². The van der Waals surface area contributed by atoms with Crippen molar-refractivity contribution >= 4 is 17.7 Å². The molecule has 8 heteroatoms. The quantitative estimate of drug-likeness (QED) is 0.322. The minimum atomic E-state index is -0.512. The number of guanidine groups is 1. The molecule has 2 atom stereocenters. The first-order chi connectivity index (χ1) is 15.1. The minimum Gasteiger partial charge on any atom is -0.444 e. The lowest BCUT2D eigenvalue weighted by Gasteiger charge is -2.35. The molecule has 1 aromatic rings. The van der Waals surface area contributed by atoms with Crippen LogP contribution in [-0.2, 0) is 15.9 Å². The number of nitrogens with one attached hydrogen (secondary N) is 3. The molecule has 180 valence electrons. The van der Waals surface area contributed by atoms with Gasteiger partial charge in [0.1, 0.15) is 5.60 Å². The first kappa shape index (κ1) is 25.9. The summed E-state index contributed by atoms with van der Waals surface area (Å²) in [6.45, 7) is 14.5. The number of aliphatic imine (C=N–C) groups is 1. The van der Waals surface area contributed by atoms with Gasteiger partial charge >= 0.3 is 6.09 Å². The SMILES string of the molecule is CN=C(NCCCN1CC(C)OC(C)C1)NCCc1ccc(NC(=O)OC(C)(C)C)cc1. The van der Waals surface area contributed by atoms with Crippen LogP contribution in [0.4, 0.5) is 10.5 Å². The molecule has 32 heavy (non-hydrogen) atoms. The molecule has 1 amide bonds. The second-order valence-electron chi connectivity index (χ2n) is 9.37. The van der Waals surface area contributed by atoms with E-state index in [4.69, 9.17) is 9.47 Å². The Morgan fingerprint density at radius 1 is 1.12 bits per heavy atom. The maximum absolute atomic E-state index is 11.8. The number of ether oxygens (including phenoxy) is 2. The highest BCUT2D eigenvalue weighted by Crippen LogP contribution is 2.13. The molecular weight excluding hydrogens is 406 g/mol. The number of carbonyl (C=O) groups excluding carboxylic acids is 1. The molecule has 0 radical (unpaired) electrons. The minimum absolute atomic E-state index is 0.309. The summed E-state index contributed by atoms with van der Waals surface area (Å²) in [6, 6.07) is 7.79. The normalized spacial score (nSPS) is 20.0. The van der Waals surface area contributed by atoms with Crippen molar-refractivity contribution in [3.8, 4) is 0 Å². The van der Waals surface area contributed by atoms with E-state index in [-0.39, 0.29) is 0 Å². The molecule has 0 aliphatic carbocycles. The van der Waals surface area contributed by atoms with Crippen molar-refractivity contribution in [1.29, 1.82) is 0 Å². The van der Waals surface area contributed by atoms with Crippen molar-refractivity contribution in [3.63, 3.8) is 0 Å². The molecule has 1 aliphatic rings. The number of morpholine rings is 1. The van der Waals surface area contributed by atoms with E-state index in [1.165, 1.54) is 5.56 Å². The van der Waals surface area contributed by atoms with E-state index in [2.05, 4.69) is 39.7 Å². The van der Waals surface area contributed by atoms with Crippen LogP contribution in [0.15, 0.2) is 29.3 Å². The molecule has 8 nitrogen and oxygen atoms in total. The number of hydrogen-bond donors (Lipinski definition) is 3. The zero-order valence-electron chi connectivity index (χ0n) is 20.5. The Morgan fingerprint density at radius 3 is 2.34 bits per heavy atom. The molecule has 0 saturated carbocycles.